The molecule has 0 amide bonds. The van der Waals surface area contributed by atoms with Gasteiger partial charge >= 0.3 is 0 Å². The number of nitrogens with zero attached hydrogens (tertiary/aromatic N) is 2. The van der Waals surface area contributed by atoms with Gasteiger partial charge in [0.05, 0.1) is 22.1 Å². The van der Waals surface area contributed by atoms with Gasteiger partial charge in [0, 0.05) is 33.4 Å². The average Bonchev–Trinajstić information content (AvgIpc) is 3.96. The van der Waals surface area contributed by atoms with Gasteiger partial charge in [0.2, 0.25) is 0 Å². The van der Waals surface area contributed by atoms with Crippen LogP contribution in [0.2, 0.25) is 0 Å². The molecule has 2 heteroatoms. The summed E-state index contributed by atoms with van der Waals surface area (Å²) in [6.07, 6.45) is 0. The summed E-state index contributed by atoms with van der Waals surface area (Å²) in [5.41, 5.74) is 21.9. The summed E-state index contributed by atoms with van der Waals surface area (Å²) in [4.78, 5) is 2.35. The Bertz CT molecular complexity index is 3480. The molecule has 2 nitrogen and oxygen atoms in total. The molecule has 63 heavy (non-hydrogen) atoms. The van der Waals surface area contributed by atoms with Gasteiger partial charge in [-0.25, -0.2) is 0 Å². The number of fused-ring (bicyclic) bond motifs is 13. The molecule has 1 aromatic heterocycles. The van der Waals surface area contributed by atoms with Crippen LogP contribution in [0.3, 0.4) is 0 Å². The number of benzene rings is 10. The Balaban J connectivity index is 0.958. The van der Waals surface area contributed by atoms with Crippen molar-refractivity contribution in [2.75, 3.05) is 4.90 Å². The second-order valence-electron chi connectivity index (χ2n) is 16.8. The maximum atomic E-state index is 2.49. The standard InChI is InChI=1S/C61H40N2/c1-3-20-44(21-4-1)62(45-22-5-2-6-23-45)58-32-15-10-24-47(58)43-19-17-18-41(38-43)42-34-37-60-53(39-42)52-28-11-16-33-59(52)63(60)46-35-36-51-50-27-9-14-31-56(50)61(57(51)40-46)54-29-12-7-25-48(54)49-26-8-13-30-55(49)61/h1-40H. The second-order valence-corrected chi connectivity index (χ2v) is 16.8. The zero-order valence-corrected chi connectivity index (χ0v) is 34.5. The first kappa shape index (κ1) is 35.5. The van der Waals surface area contributed by atoms with Crippen molar-refractivity contribution in [1.82, 2.24) is 4.57 Å². The minimum atomic E-state index is -0.399. The van der Waals surface area contributed by atoms with E-state index in [0.717, 1.165) is 17.1 Å². The molecule has 0 unspecified atom stereocenters. The van der Waals surface area contributed by atoms with Crippen LogP contribution in [-0.4, -0.2) is 4.57 Å². The topological polar surface area (TPSA) is 8.17 Å². The first-order chi connectivity index (χ1) is 31.3. The number of aromatic nitrogens is 1. The molecule has 0 N–H and O–H groups in total. The first-order valence-electron chi connectivity index (χ1n) is 21.8. The van der Waals surface area contributed by atoms with Crippen molar-refractivity contribution in [3.05, 3.63) is 265 Å². The van der Waals surface area contributed by atoms with Crippen LogP contribution >= 0.6 is 0 Å². The van der Waals surface area contributed by atoms with Crippen LogP contribution in [-0.2, 0) is 5.41 Å². The highest BCUT2D eigenvalue weighted by Crippen LogP contribution is 2.63. The van der Waals surface area contributed by atoms with Crippen molar-refractivity contribution >= 4 is 38.9 Å². The third kappa shape index (κ3) is 5.19. The van der Waals surface area contributed by atoms with E-state index in [1.807, 2.05) is 0 Å². The summed E-state index contributed by atoms with van der Waals surface area (Å²) in [5, 5.41) is 2.48. The normalized spacial score (nSPS) is 12.9. The molecule has 10 aromatic carbocycles. The maximum absolute atomic E-state index is 2.49. The molecule has 1 spiro atoms. The van der Waals surface area contributed by atoms with Gasteiger partial charge in [-0.15, -0.1) is 0 Å². The molecule has 0 aliphatic heterocycles. The molecule has 2 aliphatic carbocycles. The average molecular weight is 801 g/mol. The lowest BCUT2D eigenvalue weighted by Gasteiger charge is -2.30. The van der Waals surface area contributed by atoms with E-state index < -0.39 is 5.41 Å². The van der Waals surface area contributed by atoms with Crippen LogP contribution in [0.15, 0.2) is 243 Å². The SMILES string of the molecule is c1ccc(N(c2ccccc2)c2ccccc2-c2cccc(-c3ccc4c(c3)c3ccccc3n4-c3ccc4c(c3)C3(c5ccccc5-c5ccccc53)c3ccccc3-4)c2)cc1. The fourth-order valence-corrected chi connectivity index (χ4v) is 11.0. The first-order valence-corrected chi connectivity index (χ1v) is 21.8. The van der Waals surface area contributed by atoms with Gasteiger partial charge in [-0.2, -0.15) is 0 Å². The Morgan fingerprint density at radius 3 is 1.48 bits per heavy atom. The Morgan fingerprint density at radius 1 is 0.302 bits per heavy atom. The summed E-state index contributed by atoms with van der Waals surface area (Å²) in [6, 6.07) is 89.3. The van der Waals surface area contributed by atoms with Crippen molar-refractivity contribution in [3.8, 4) is 50.2 Å². The molecule has 0 radical (unpaired) electrons. The largest absolute Gasteiger partial charge is 0.310 e. The molecule has 2 aliphatic rings. The van der Waals surface area contributed by atoms with Gasteiger partial charge in [0.25, 0.3) is 0 Å². The van der Waals surface area contributed by atoms with Crippen molar-refractivity contribution in [2.24, 2.45) is 0 Å². The molecule has 0 atom stereocenters. The van der Waals surface area contributed by atoms with E-state index in [0.29, 0.717) is 0 Å². The number of anilines is 3. The number of hydrogen-bond acceptors (Lipinski definition) is 1. The molecular formula is C61H40N2. The molecule has 0 saturated heterocycles. The quantitative estimate of drug-likeness (QED) is 0.163. The van der Waals surface area contributed by atoms with Gasteiger partial charge in [-0.1, -0.05) is 176 Å². The Hall–Kier alpha value is -8.20. The Morgan fingerprint density at radius 2 is 0.810 bits per heavy atom. The van der Waals surface area contributed by atoms with E-state index in [9.17, 15) is 0 Å². The molecule has 294 valence electrons. The van der Waals surface area contributed by atoms with E-state index in [2.05, 4.69) is 252 Å². The summed E-state index contributed by atoms with van der Waals surface area (Å²) >= 11 is 0. The lowest BCUT2D eigenvalue weighted by molar-refractivity contribution is 0.792. The Labute approximate surface area is 367 Å². The molecule has 0 fully saturated rings. The van der Waals surface area contributed by atoms with E-state index >= 15 is 0 Å². The van der Waals surface area contributed by atoms with Gasteiger partial charge in [0.1, 0.15) is 0 Å². The van der Waals surface area contributed by atoms with Crippen LogP contribution in [0.25, 0.3) is 72.0 Å². The highest BCUT2D eigenvalue weighted by atomic mass is 15.1. The van der Waals surface area contributed by atoms with Crippen molar-refractivity contribution in [1.29, 1.82) is 0 Å². The zero-order valence-electron chi connectivity index (χ0n) is 34.5. The molecule has 11 aromatic rings. The summed E-state index contributed by atoms with van der Waals surface area (Å²) in [5.74, 6) is 0. The third-order valence-electron chi connectivity index (χ3n) is 13.6. The van der Waals surface area contributed by atoms with Crippen LogP contribution in [0, 0.1) is 0 Å². The summed E-state index contributed by atoms with van der Waals surface area (Å²) < 4.78 is 2.48. The summed E-state index contributed by atoms with van der Waals surface area (Å²) in [7, 11) is 0. The van der Waals surface area contributed by atoms with E-state index in [-0.39, 0.29) is 0 Å². The number of hydrogen-bond donors (Lipinski definition) is 0. The predicted molar refractivity (Wildman–Crippen MR) is 263 cm³/mol. The van der Waals surface area contributed by atoms with E-state index in [1.54, 1.807) is 0 Å². The van der Waals surface area contributed by atoms with Crippen LogP contribution in [0.5, 0.6) is 0 Å². The molecule has 0 bridgehead atoms. The lowest BCUT2D eigenvalue weighted by Crippen LogP contribution is -2.26. The maximum Gasteiger partial charge on any atom is 0.0726 e. The summed E-state index contributed by atoms with van der Waals surface area (Å²) in [6.45, 7) is 0. The fourth-order valence-electron chi connectivity index (χ4n) is 11.0. The second kappa shape index (κ2) is 13.9. The molecular weight excluding hydrogens is 761 g/mol. The molecule has 13 rings (SSSR count). The van der Waals surface area contributed by atoms with Gasteiger partial charge in [-0.05, 0) is 128 Å². The minimum Gasteiger partial charge on any atom is -0.310 e. The lowest BCUT2D eigenvalue weighted by atomic mass is 9.70. The third-order valence-corrected chi connectivity index (χ3v) is 13.6. The molecule has 1 heterocycles. The fraction of sp³-hybridized carbons (Fsp3) is 0.0164. The highest BCUT2D eigenvalue weighted by molar-refractivity contribution is 6.11. The van der Waals surface area contributed by atoms with Crippen LogP contribution in [0.1, 0.15) is 22.3 Å². The van der Waals surface area contributed by atoms with Crippen molar-refractivity contribution < 1.29 is 0 Å². The van der Waals surface area contributed by atoms with Gasteiger partial charge in [0.15, 0.2) is 0 Å². The predicted octanol–water partition coefficient (Wildman–Crippen LogP) is 15.9. The monoisotopic (exact) mass is 800 g/mol. The zero-order chi connectivity index (χ0) is 41.5. The van der Waals surface area contributed by atoms with E-state index in [1.165, 1.54) is 94.3 Å². The smallest absolute Gasteiger partial charge is 0.0726 e. The number of rotatable bonds is 6. The van der Waals surface area contributed by atoms with Crippen LogP contribution < -0.4 is 4.90 Å². The van der Waals surface area contributed by atoms with Crippen molar-refractivity contribution in [2.45, 2.75) is 5.41 Å². The van der Waals surface area contributed by atoms with Crippen LogP contribution in [0.4, 0.5) is 17.1 Å². The minimum absolute atomic E-state index is 0.399. The number of para-hydroxylation sites is 4. The Kier molecular flexibility index (Phi) is 7.85. The van der Waals surface area contributed by atoms with Gasteiger partial charge < -0.3 is 9.47 Å². The highest BCUT2D eigenvalue weighted by Gasteiger charge is 2.51. The van der Waals surface area contributed by atoms with Crippen molar-refractivity contribution in [3.63, 3.8) is 0 Å². The molecule has 0 saturated carbocycles. The van der Waals surface area contributed by atoms with Gasteiger partial charge in [-0.3, -0.25) is 0 Å². The van der Waals surface area contributed by atoms with E-state index in [4.69, 9.17) is 0 Å².